The van der Waals surface area contributed by atoms with Crippen LogP contribution >= 0.6 is 11.6 Å². The van der Waals surface area contributed by atoms with Gasteiger partial charge < -0.3 is 0 Å². The van der Waals surface area contributed by atoms with Gasteiger partial charge in [-0.3, -0.25) is 4.98 Å². The van der Waals surface area contributed by atoms with Crippen molar-refractivity contribution in [3.05, 3.63) is 52.6 Å². The summed E-state index contributed by atoms with van der Waals surface area (Å²) in [5.41, 5.74) is 1.28. The number of aryl methyl sites for hydroxylation is 1. The average molecular weight is 238 g/mol. The normalized spacial score (nSPS) is 10.4. The van der Waals surface area contributed by atoms with Gasteiger partial charge in [0.2, 0.25) is 0 Å². The SMILES string of the molecule is Cc1nc(Cc2ccncc2)nc(Cl)c1F. The van der Waals surface area contributed by atoms with Gasteiger partial charge in [0.25, 0.3) is 0 Å². The van der Waals surface area contributed by atoms with Crippen molar-refractivity contribution in [3.63, 3.8) is 0 Å². The molecule has 5 heteroatoms. The van der Waals surface area contributed by atoms with E-state index in [0.29, 0.717) is 12.2 Å². The van der Waals surface area contributed by atoms with Gasteiger partial charge in [0.15, 0.2) is 11.0 Å². The number of hydrogen-bond donors (Lipinski definition) is 0. The van der Waals surface area contributed by atoms with Crippen LogP contribution in [0.25, 0.3) is 0 Å². The van der Waals surface area contributed by atoms with Crippen molar-refractivity contribution in [2.24, 2.45) is 0 Å². The molecule has 2 rings (SSSR count). The quantitative estimate of drug-likeness (QED) is 0.754. The summed E-state index contributed by atoms with van der Waals surface area (Å²) >= 11 is 5.65. The Bertz CT molecular complexity index is 479. The van der Waals surface area contributed by atoms with E-state index in [9.17, 15) is 4.39 Å². The predicted molar refractivity (Wildman–Crippen MR) is 58.8 cm³/mol. The van der Waals surface area contributed by atoms with Gasteiger partial charge in [0.1, 0.15) is 5.82 Å². The monoisotopic (exact) mass is 237 g/mol. The lowest BCUT2D eigenvalue weighted by Gasteiger charge is -2.03. The zero-order valence-electron chi connectivity index (χ0n) is 8.61. The van der Waals surface area contributed by atoms with Crippen LogP contribution in [0, 0.1) is 12.7 Å². The van der Waals surface area contributed by atoms with Crippen molar-refractivity contribution in [1.82, 2.24) is 15.0 Å². The Morgan fingerprint density at radius 3 is 2.56 bits per heavy atom. The molecule has 2 aromatic rings. The van der Waals surface area contributed by atoms with Gasteiger partial charge in [-0.1, -0.05) is 11.6 Å². The highest BCUT2D eigenvalue weighted by Crippen LogP contribution is 2.15. The molecule has 0 bridgehead atoms. The standard InChI is InChI=1S/C11H9ClFN3/c1-7-10(13)11(12)16-9(15-7)6-8-2-4-14-5-3-8/h2-5H,6H2,1H3. The molecule has 0 unspecified atom stereocenters. The maximum atomic E-state index is 13.2. The molecule has 0 N–H and O–H groups in total. The molecule has 0 aliphatic rings. The summed E-state index contributed by atoms with van der Waals surface area (Å²) in [5, 5.41) is -0.128. The summed E-state index contributed by atoms with van der Waals surface area (Å²) < 4.78 is 13.2. The molecule has 16 heavy (non-hydrogen) atoms. The van der Waals surface area contributed by atoms with Gasteiger partial charge in [-0.15, -0.1) is 0 Å². The van der Waals surface area contributed by atoms with E-state index < -0.39 is 5.82 Å². The van der Waals surface area contributed by atoms with E-state index in [1.807, 2.05) is 12.1 Å². The van der Waals surface area contributed by atoms with Crippen molar-refractivity contribution < 1.29 is 4.39 Å². The first-order chi connectivity index (χ1) is 7.66. The molecule has 0 aliphatic heterocycles. The van der Waals surface area contributed by atoms with Crippen LogP contribution < -0.4 is 0 Å². The number of halogens is 2. The van der Waals surface area contributed by atoms with E-state index in [1.165, 1.54) is 0 Å². The highest BCUT2D eigenvalue weighted by molar-refractivity contribution is 6.29. The van der Waals surface area contributed by atoms with Crippen LogP contribution in [-0.4, -0.2) is 15.0 Å². The minimum atomic E-state index is -0.555. The second-order valence-electron chi connectivity index (χ2n) is 3.36. The molecule has 0 saturated heterocycles. The Kier molecular flexibility index (Phi) is 3.10. The first kappa shape index (κ1) is 11.0. The molecular formula is C11H9ClFN3. The lowest BCUT2D eigenvalue weighted by Crippen LogP contribution is -2.02. The molecule has 0 spiro atoms. The smallest absolute Gasteiger partial charge is 0.181 e. The van der Waals surface area contributed by atoms with E-state index in [4.69, 9.17) is 11.6 Å². The number of rotatable bonds is 2. The highest BCUT2D eigenvalue weighted by atomic mass is 35.5. The first-order valence-corrected chi connectivity index (χ1v) is 5.12. The molecule has 0 atom stereocenters. The highest BCUT2D eigenvalue weighted by Gasteiger charge is 2.09. The second kappa shape index (κ2) is 4.53. The van der Waals surface area contributed by atoms with Crippen LogP contribution in [0.2, 0.25) is 5.15 Å². The molecule has 0 radical (unpaired) electrons. The maximum Gasteiger partial charge on any atom is 0.181 e. The van der Waals surface area contributed by atoms with Gasteiger partial charge in [0, 0.05) is 18.8 Å². The van der Waals surface area contributed by atoms with Crippen LogP contribution in [0.4, 0.5) is 4.39 Å². The Morgan fingerprint density at radius 1 is 1.25 bits per heavy atom. The summed E-state index contributed by atoms with van der Waals surface area (Å²) in [5.74, 6) is -0.0461. The molecule has 0 fully saturated rings. The summed E-state index contributed by atoms with van der Waals surface area (Å²) in [7, 11) is 0. The average Bonchev–Trinajstić information content (AvgIpc) is 2.27. The van der Waals surface area contributed by atoms with E-state index in [2.05, 4.69) is 15.0 Å². The molecule has 2 aromatic heterocycles. The third kappa shape index (κ3) is 2.33. The summed E-state index contributed by atoms with van der Waals surface area (Å²) in [4.78, 5) is 11.8. The van der Waals surface area contributed by atoms with E-state index in [-0.39, 0.29) is 10.8 Å². The molecule has 0 aliphatic carbocycles. The predicted octanol–water partition coefficient (Wildman–Crippen LogP) is 2.56. The third-order valence-electron chi connectivity index (χ3n) is 2.13. The number of pyridine rings is 1. The van der Waals surface area contributed by atoms with Crippen LogP contribution in [0.5, 0.6) is 0 Å². The van der Waals surface area contributed by atoms with Crippen LogP contribution in [0.1, 0.15) is 17.1 Å². The molecule has 3 nitrogen and oxygen atoms in total. The first-order valence-electron chi connectivity index (χ1n) is 4.74. The lowest BCUT2D eigenvalue weighted by molar-refractivity contribution is 0.597. The van der Waals surface area contributed by atoms with Crippen molar-refractivity contribution in [2.75, 3.05) is 0 Å². The molecule has 82 valence electrons. The van der Waals surface area contributed by atoms with E-state index in [1.54, 1.807) is 19.3 Å². The van der Waals surface area contributed by atoms with Crippen molar-refractivity contribution in [3.8, 4) is 0 Å². The lowest BCUT2D eigenvalue weighted by atomic mass is 10.2. The van der Waals surface area contributed by atoms with Crippen molar-refractivity contribution in [2.45, 2.75) is 13.3 Å². The Balaban J connectivity index is 2.29. The number of hydrogen-bond acceptors (Lipinski definition) is 3. The van der Waals surface area contributed by atoms with Crippen molar-refractivity contribution >= 4 is 11.6 Å². The van der Waals surface area contributed by atoms with Gasteiger partial charge in [-0.05, 0) is 24.6 Å². The molecule has 0 amide bonds. The largest absolute Gasteiger partial charge is 0.265 e. The van der Waals surface area contributed by atoms with E-state index in [0.717, 1.165) is 5.56 Å². The molecular weight excluding hydrogens is 229 g/mol. The minimum absolute atomic E-state index is 0.128. The Hall–Kier alpha value is -1.55. The third-order valence-corrected chi connectivity index (χ3v) is 2.38. The Labute approximate surface area is 97.3 Å². The number of nitrogens with zero attached hydrogens (tertiary/aromatic N) is 3. The van der Waals surface area contributed by atoms with Gasteiger partial charge >= 0.3 is 0 Å². The summed E-state index contributed by atoms with van der Waals surface area (Å²) in [6, 6.07) is 3.71. The zero-order chi connectivity index (χ0) is 11.5. The zero-order valence-corrected chi connectivity index (χ0v) is 9.37. The molecule has 0 aromatic carbocycles. The van der Waals surface area contributed by atoms with Crippen molar-refractivity contribution in [1.29, 1.82) is 0 Å². The fourth-order valence-corrected chi connectivity index (χ4v) is 1.58. The van der Waals surface area contributed by atoms with Gasteiger partial charge in [-0.25, -0.2) is 14.4 Å². The van der Waals surface area contributed by atoms with E-state index >= 15 is 0 Å². The molecule has 0 saturated carbocycles. The second-order valence-corrected chi connectivity index (χ2v) is 3.72. The van der Waals surface area contributed by atoms with Crippen LogP contribution in [-0.2, 0) is 6.42 Å². The topological polar surface area (TPSA) is 38.7 Å². The summed E-state index contributed by atoms with van der Waals surface area (Å²) in [6.07, 6.45) is 3.89. The fourth-order valence-electron chi connectivity index (χ4n) is 1.34. The van der Waals surface area contributed by atoms with Gasteiger partial charge in [-0.2, -0.15) is 0 Å². The Morgan fingerprint density at radius 2 is 1.94 bits per heavy atom. The fraction of sp³-hybridized carbons (Fsp3) is 0.182. The van der Waals surface area contributed by atoms with Crippen LogP contribution in [0.15, 0.2) is 24.5 Å². The van der Waals surface area contributed by atoms with Gasteiger partial charge in [0.05, 0.1) is 5.69 Å². The minimum Gasteiger partial charge on any atom is -0.265 e. The summed E-state index contributed by atoms with van der Waals surface area (Å²) in [6.45, 7) is 1.57. The maximum absolute atomic E-state index is 13.2. The van der Waals surface area contributed by atoms with Crippen LogP contribution in [0.3, 0.4) is 0 Å². The molecule has 2 heterocycles. The number of aromatic nitrogens is 3.